The second kappa shape index (κ2) is 6.53. The van der Waals surface area contributed by atoms with Gasteiger partial charge in [0.05, 0.1) is 0 Å². The van der Waals surface area contributed by atoms with Crippen LogP contribution < -0.4 is 5.32 Å². The SMILES string of the molecule is CCSCC(C)NC1C2CCC1Cc1ccccc1C2. The van der Waals surface area contributed by atoms with E-state index in [0.29, 0.717) is 6.04 Å². The van der Waals surface area contributed by atoms with Crippen molar-refractivity contribution in [2.45, 2.75) is 51.6 Å². The minimum absolute atomic E-state index is 0.647. The predicted octanol–water partition coefficient (Wildman–Crippen LogP) is 3.91. The maximum Gasteiger partial charge on any atom is 0.0133 e. The van der Waals surface area contributed by atoms with E-state index in [-0.39, 0.29) is 0 Å². The molecule has 0 spiro atoms. The fraction of sp³-hybridized carbons (Fsp3) is 0.667. The highest BCUT2D eigenvalue weighted by molar-refractivity contribution is 7.99. The Hall–Kier alpha value is -0.470. The molecule has 20 heavy (non-hydrogen) atoms. The van der Waals surface area contributed by atoms with Gasteiger partial charge in [0.2, 0.25) is 0 Å². The lowest BCUT2D eigenvalue weighted by molar-refractivity contribution is 0.322. The highest BCUT2D eigenvalue weighted by Crippen LogP contribution is 2.40. The van der Waals surface area contributed by atoms with Crippen molar-refractivity contribution < 1.29 is 0 Å². The zero-order chi connectivity index (χ0) is 13.9. The lowest BCUT2D eigenvalue weighted by atomic mass is 9.94. The highest BCUT2D eigenvalue weighted by atomic mass is 32.2. The Bertz CT molecular complexity index is 412. The van der Waals surface area contributed by atoms with E-state index in [4.69, 9.17) is 0 Å². The average Bonchev–Trinajstić information content (AvgIpc) is 2.71. The van der Waals surface area contributed by atoms with Crippen LogP contribution in [0.4, 0.5) is 0 Å². The first-order chi connectivity index (χ1) is 9.78. The van der Waals surface area contributed by atoms with Gasteiger partial charge in [-0.1, -0.05) is 31.2 Å². The van der Waals surface area contributed by atoms with E-state index in [1.54, 1.807) is 11.1 Å². The molecule has 2 aliphatic carbocycles. The van der Waals surface area contributed by atoms with Gasteiger partial charge in [0, 0.05) is 17.8 Å². The zero-order valence-corrected chi connectivity index (χ0v) is 13.6. The Morgan fingerprint density at radius 2 is 1.75 bits per heavy atom. The van der Waals surface area contributed by atoms with Gasteiger partial charge in [-0.3, -0.25) is 0 Å². The van der Waals surface area contributed by atoms with Crippen LogP contribution in [0.25, 0.3) is 0 Å². The van der Waals surface area contributed by atoms with Gasteiger partial charge in [-0.15, -0.1) is 0 Å². The predicted molar refractivity (Wildman–Crippen MR) is 89.4 cm³/mol. The van der Waals surface area contributed by atoms with Crippen LogP contribution in [0.3, 0.4) is 0 Å². The molecule has 0 heterocycles. The third kappa shape index (κ3) is 3.07. The Kier molecular flexibility index (Phi) is 4.72. The van der Waals surface area contributed by atoms with Crippen LogP contribution in [0, 0.1) is 11.8 Å². The Balaban J connectivity index is 1.69. The molecule has 1 aromatic carbocycles. The molecule has 1 fully saturated rings. The average molecular weight is 289 g/mol. The van der Waals surface area contributed by atoms with Crippen LogP contribution in [0.15, 0.2) is 24.3 Å². The molecule has 3 unspecified atom stereocenters. The van der Waals surface area contributed by atoms with Crippen molar-refractivity contribution >= 4 is 11.8 Å². The molecule has 2 heteroatoms. The summed E-state index contributed by atoms with van der Waals surface area (Å²) < 4.78 is 0. The Morgan fingerprint density at radius 1 is 1.15 bits per heavy atom. The third-order valence-electron chi connectivity index (χ3n) is 5.06. The van der Waals surface area contributed by atoms with Gasteiger partial charge < -0.3 is 5.32 Å². The first-order valence-electron chi connectivity index (χ1n) is 8.18. The molecule has 3 rings (SSSR count). The summed E-state index contributed by atoms with van der Waals surface area (Å²) in [4.78, 5) is 0. The van der Waals surface area contributed by atoms with Crippen molar-refractivity contribution in [1.29, 1.82) is 0 Å². The van der Waals surface area contributed by atoms with Crippen molar-refractivity contribution in [2.24, 2.45) is 11.8 Å². The van der Waals surface area contributed by atoms with Crippen LogP contribution in [-0.4, -0.2) is 23.6 Å². The van der Waals surface area contributed by atoms with Crippen LogP contribution in [-0.2, 0) is 12.8 Å². The number of nitrogens with one attached hydrogen (secondary N) is 1. The molecular formula is C18H27NS. The number of thioether (sulfide) groups is 1. The van der Waals surface area contributed by atoms with E-state index in [1.807, 2.05) is 0 Å². The molecule has 2 bridgehead atoms. The lowest BCUT2D eigenvalue weighted by Gasteiger charge is -2.27. The van der Waals surface area contributed by atoms with Crippen molar-refractivity contribution in [2.75, 3.05) is 11.5 Å². The van der Waals surface area contributed by atoms with Gasteiger partial charge in [-0.05, 0) is 61.3 Å². The molecule has 0 aliphatic heterocycles. The molecule has 2 aliphatic rings. The normalized spacial score (nSPS) is 29.8. The summed E-state index contributed by atoms with van der Waals surface area (Å²) in [6.45, 7) is 4.61. The fourth-order valence-electron chi connectivity index (χ4n) is 4.09. The van der Waals surface area contributed by atoms with Crippen molar-refractivity contribution in [1.82, 2.24) is 5.32 Å². The number of rotatable bonds is 5. The molecule has 110 valence electrons. The molecule has 0 aromatic heterocycles. The van der Waals surface area contributed by atoms with Gasteiger partial charge in [0.25, 0.3) is 0 Å². The van der Waals surface area contributed by atoms with Gasteiger partial charge in [0.15, 0.2) is 0 Å². The summed E-state index contributed by atoms with van der Waals surface area (Å²) in [6, 6.07) is 10.5. The van der Waals surface area contributed by atoms with Gasteiger partial charge in [-0.2, -0.15) is 11.8 Å². The van der Waals surface area contributed by atoms with Crippen molar-refractivity contribution in [3.63, 3.8) is 0 Å². The van der Waals surface area contributed by atoms with Crippen LogP contribution >= 0.6 is 11.8 Å². The van der Waals surface area contributed by atoms with E-state index >= 15 is 0 Å². The molecule has 1 saturated carbocycles. The standard InChI is InChI=1S/C18H27NS/c1-3-20-12-13(2)19-18-16-8-9-17(18)11-15-7-5-4-6-14(15)10-16/h4-7,13,16-19H,3,8-12H2,1-2H3. The molecular weight excluding hydrogens is 262 g/mol. The summed E-state index contributed by atoms with van der Waals surface area (Å²) >= 11 is 2.06. The summed E-state index contributed by atoms with van der Waals surface area (Å²) in [5.41, 5.74) is 3.23. The summed E-state index contributed by atoms with van der Waals surface area (Å²) in [6.07, 6.45) is 5.42. The van der Waals surface area contributed by atoms with Crippen LogP contribution in [0.5, 0.6) is 0 Å². The highest BCUT2D eigenvalue weighted by Gasteiger charge is 2.39. The number of hydrogen-bond donors (Lipinski definition) is 1. The van der Waals surface area contributed by atoms with E-state index in [2.05, 4.69) is 55.2 Å². The van der Waals surface area contributed by atoms with E-state index in [1.165, 1.54) is 37.2 Å². The summed E-state index contributed by atoms with van der Waals surface area (Å²) in [5.74, 6) is 4.20. The second-order valence-corrected chi connectivity index (χ2v) is 7.85. The minimum atomic E-state index is 0.647. The largest absolute Gasteiger partial charge is 0.310 e. The topological polar surface area (TPSA) is 12.0 Å². The Morgan fingerprint density at radius 3 is 2.30 bits per heavy atom. The van der Waals surface area contributed by atoms with Gasteiger partial charge in [-0.25, -0.2) is 0 Å². The Labute approximate surface area is 127 Å². The molecule has 1 aromatic rings. The van der Waals surface area contributed by atoms with Crippen molar-refractivity contribution in [3.8, 4) is 0 Å². The minimum Gasteiger partial charge on any atom is -0.310 e. The number of fused-ring (bicyclic) bond motifs is 3. The van der Waals surface area contributed by atoms with Crippen LogP contribution in [0.1, 0.15) is 37.8 Å². The summed E-state index contributed by atoms with van der Waals surface area (Å²) in [7, 11) is 0. The lowest BCUT2D eigenvalue weighted by Crippen LogP contribution is -2.44. The smallest absolute Gasteiger partial charge is 0.0133 e. The quantitative estimate of drug-likeness (QED) is 0.882. The monoisotopic (exact) mass is 289 g/mol. The number of benzene rings is 1. The second-order valence-electron chi connectivity index (χ2n) is 6.53. The molecule has 3 atom stereocenters. The molecule has 1 nitrogen and oxygen atoms in total. The first-order valence-corrected chi connectivity index (χ1v) is 9.34. The number of hydrogen-bond acceptors (Lipinski definition) is 2. The zero-order valence-electron chi connectivity index (χ0n) is 12.8. The van der Waals surface area contributed by atoms with E-state index < -0.39 is 0 Å². The molecule has 0 saturated heterocycles. The van der Waals surface area contributed by atoms with E-state index in [0.717, 1.165) is 17.9 Å². The maximum absolute atomic E-state index is 3.97. The maximum atomic E-state index is 3.97. The fourth-order valence-corrected chi connectivity index (χ4v) is 4.78. The third-order valence-corrected chi connectivity index (χ3v) is 6.20. The summed E-state index contributed by atoms with van der Waals surface area (Å²) in [5, 5.41) is 3.97. The molecule has 1 N–H and O–H groups in total. The van der Waals surface area contributed by atoms with Crippen molar-refractivity contribution in [3.05, 3.63) is 35.4 Å². The van der Waals surface area contributed by atoms with Gasteiger partial charge in [0.1, 0.15) is 0 Å². The van der Waals surface area contributed by atoms with Gasteiger partial charge >= 0.3 is 0 Å². The van der Waals surface area contributed by atoms with Crippen LogP contribution in [0.2, 0.25) is 0 Å². The molecule has 0 radical (unpaired) electrons. The molecule has 0 amide bonds. The first kappa shape index (κ1) is 14.5. The van der Waals surface area contributed by atoms with E-state index in [9.17, 15) is 0 Å².